The number of hydrogen-bond acceptors (Lipinski definition) is 0. The van der Waals surface area contributed by atoms with Crippen LogP contribution in [0.3, 0.4) is 0 Å². The van der Waals surface area contributed by atoms with Crippen LogP contribution in [0, 0.1) is 17.3 Å². The molecule has 76 valence electrons. The van der Waals surface area contributed by atoms with Crippen LogP contribution in [-0.4, -0.2) is 0 Å². The minimum Gasteiger partial charge on any atom is -0.309 e. The van der Waals surface area contributed by atoms with E-state index in [1.54, 1.807) is 5.92 Å². The van der Waals surface area contributed by atoms with E-state index in [1.165, 1.54) is 24.8 Å². The first-order valence-corrected chi connectivity index (χ1v) is 4.90. The van der Waals surface area contributed by atoms with Crippen molar-refractivity contribution >= 4 is 0 Å². The Kier molecular flexibility index (Phi) is 4.94. The van der Waals surface area contributed by atoms with Crippen molar-refractivity contribution in [3.63, 3.8) is 0 Å². The van der Waals surface area contributed by atoms with E-state index in [0.717, 1.165) is 0 Å². The standard InChI is InChI=1S/C12H21.W/c1-9(2)11-6-7-12(4,5)8-10(11)3;/h11H,1,6-8H2,2-5H3;/q-1;. The molecule has 1 rings (SSSR count). The van der Waals surface area contributed by atoms with Gasteiger partial charge in [-0.3, -0.25) is 0 Å². The fourth-order valence-corrected chi connectivity index (χ4v) is 2.41. The first kappa shape index (κ1) is 13.4. The molecule has 1 aliphatic rings. The Hall–Kier alpha value is 0.428. The first-order valence-electron chi connectivity index (χ1n) is 4.90. The molecule has 13 heavy (non-hydrogen) atoms. The average molecular weight is 349 g/mol. The van der Waals surface area contributed by atoms with Gasteiger partial charge in [0.25, 0.3) is 0 Å². The van der Waals surface area contributed by atoms with E-state index in [0.29, 0.717) is 11.3 Å². The predicted octanol–water partition coefficient (Wildman–Crippen LogP) is 3.98. The predicted molar refractivity (Wildman–Crippen MR) is 54.9 cm³/mol. The van der Waals surface area contributed by atoms with E-state index in [1.807, 2.05) is 0 Å². The van der Waals surface area contributed by atoms with Crippen molar-refractivity contribution in [2.75, 3.05) is 0 Å². The molecule has 0 amide bonds. The van der Waals surface area contributed by atoms with E-state index < -0.39 is 0 Å². The fraction of sp³-hybridized carbons (Fsp3) is 0.750. The molecule has 0 radical (unpaired) electrons. The van der Waals surface area contributed by atoms with Crippen molar-refractivity contribution in [1.29, 1.82) is 0 Å². The van der Waals surface area contributed by atoms with E-state index in [-0.39, 0.29) is 21.1 Å². The van der Waals surface area contributed by atoms with Crippen molar-refractivity contribution in [1.82, 2.24) is 0 Å². The van der Waals surface area contributed by atoms with E-state index in [9.17, 15) is 0 Å². The largest absolute Gasteiger partial charge is 0.309 e. The van der Waals surface area contributed by atoms with Gasteiger partial charge in [-0.1, -0.05) is 32.1 Å². The molecule has 1 unspecified atom stereocenters. The number of allylic oxidation sites excluding steroid dienone is 1. The SMILES string of the molecule is C=C(C)C1CCC(C)(C)C[C-]1C.[W]. The Labute approximate surface area is 97.4 Å². The van der Waals surface area contributed by atoms with Crippen LogP contribution >= 0.6 is 0 Å². The van der Waals surface area contributed by atoms with Crippen LogP contribution in [0.15, 0.2) is 12.2 Å². The third kappa shape index (κ3) is 3.58. The van der Waals surface area contributed by atoms with Crippen LogP contribution < -0.4 is 0 Å². The van der Waals surface area contributed by atoms with E-state index in [4.69, 9.17) is 0 Å². The molecule has 0 bridgehead atoms. The van der Waals surface area contributed by atoms with Crippen molar-refractivity contribution in [2.45, 2.75) is 47.0 Å². The molecule has 0 aromatic heterocycles. The Morgan fingerprint density at radius 2 is 2.00 bits per heavy atom. The maximum atomic E-state index is 4.06. The molecule has 0 nitrogen and oxygen atoms in total. The number of rotatable bonds is 1. The minimum atomic E-state index is 0. The summed E-state index contributed by atoms with van der Waals surface area (Å²) >= 11 is 0. The summed E-state index contributed by atoms with van der Waals surface area (Å²) in [4.78, 5) is 0. The molecule has 0 heterocycles. The van der Waals surface area contributed by atoms with Gasteiger partial charge in [0.15, 0.2) is 0 Å². The van der Waals surface area contributed by atoms with Crippen LogP contribution in [0.5, 0.6) is 0 Å². The molecular weight excluding hydrogens is 328 g/mol. The second-order valence-electron chi connectivity index (χ2n) is 5.12. The molecule has 0 saturated heterocycles. The van der Waals surface area contributed by atoms with Gasteiger partial charge in [-0.2, -0.15) is 13.3 Å². The average Bonchev–Trinajstić information content (AvgIpc) is 1.83. The zero-order valence-electron chi connectivity index (χ0n) is 9.31. The molecule has 1 fully saturated rings. The summed E-state index contributed by atoms with van der Waals surface area (Å²) in [5, 5.41) is 0. The number of hydrogen-bond donors (Lipinski definition) is 0. The van der Waals surface area contributed by atoms with Crippen LogP contribution in [0.4, 0.5) is 0 Å². The van der Waals surface area contributed by atoms with Gasteiger partial charge < -0.3 is 5.92 Å². The molecule has 0 aromatic rings. The summed E-state index contributed by atoms with van der Waals surface area (Å²) in [7, 11) is 0. The quantitative estimate of drug-likeness (QED) is 0.496. The third-order valence-electron chi connectivity index (χ3n) is 3.06. The Balaban J connectivity index is 0.00000144. The first-order chi connectivity index (χ1) is 5.42. The van der Waals surface area contributed by atoms with Gasteiger partial charge in [0.2, 0.25) is 0 Å². The van der Waals surface area contributed by atoms with Crippen molar-refractivity contribution < 1.29 is 21.1 Å². The molecule has 1 saturated carbocycles. The van der Waals surface area contributed by atoms with Gasteiger partial charge >= 0.3 is 0 Å². The Morgan fingerprint density at radius 1 is 1.46 bits per heavy atom. The van der Waals surface area contributed by atoms with Crippen molar-refractivity contribution in [2.24, 2.45) is 11.3 Å². The van der Waals surface area contributed by atoms with Gasteiger partial charge in [-0.25, -0.2) is 0 Å². The third-order valence-corrected chi connectivity index (χ3v) is 3.06. The van der Waals surface area contributed by atoms with Crippen LogP contribution in [0.2, 0.25) is 0 Å². The maximum absolute atomic E-state index is 4.06. The molecule has 0 spiro atoms. The smallest absolute Gasteiger partial charge is 0 e. The Bertz CT molecular complexity index is 182. The summed E-state index contributed by atoms with van der Waals surface area (Å²) in [6.45, 7) is 13.2. The van der Waals surface area contributed by atoms with Crippen LogP contribution in [-0.2, 0) is 21.1 Å². The normalized spacial score (nSPS) is 27.8. The van der Waals surface area contributed by atoms with E-state index >= 15 is 0 Å². The molecule has 1 atom stereocenters. The van der Waals surface area contributed by atoms with Gasteiger partial charge in [0.1, 0.15) is 0 Å². The summed E-state index contributed by atoms with van der Waals surface area (Å²) in [6.07, 6.45) is 3.94. The van der Waals surface area contributed by atoms with Crippen LogP contribution in [0.25, 0.3) is 0 Å². The zero-order valence-corrected chi connectivity index (χ0v) is 12.2. The monoisotopic (exact) mass is 349 g/mol. The van der Waals surface area contributed by atoms with Gasteiger partial charge in [0, 0.05) is 21.1 Å². The molecule has 0 aromatic carbocycles. The minimum absolute atomic E-state index is 0. The fourth-order valence-electron chi connectivity index (χ4n) is 2.41. The topological polar surface area (TPSA) is 0 Å². The molecule has 1 aliphatic carbocycles. The molecule has 0 aliphatic heterocycles. The molecule has 0 N–H and O–H groups in total. The summed E-state index contributed by atoms with van der Waals surface area (Å²) in [5.74, 6) is 2.34. The molecule has 1 heteroatoms. The van der Waals surface area contributed by atoms with Gasteiger partial charge in [0.05, 0.1) is 0 Å². The van der Waals surface area contributed by atoms with Crippen LogP contribution in [0.1, 0.15) is 47.0 Å². The summed E-state index contributed by atoms with van der Waals surface area (Å²) < 4.78 is 0. The second kappa shape index (κ2) is 4.78. The van der Waals surface area contributed by atoms with Crippen molar-refractivity contribution in [3.8, 4) is 0 Å². The van der Waals surface area contributed by atoms with Gasteiger partial charge in [-0.15, -0.1) is 18.1 Å². The summed E-state index contributed by atoms with van der Waals surface area (Å²) in [5.41, 5.74) is 1.89. The molecular formula is C12H21W-. The van der Waals surface area contributed by atoms with E-state index in [2.05, 4.69) is 34.3 Å². The van der Waals surface area contributed by atoms with Crippen molar-refractivity contribution in [3.05, 3.63) is 18.1 Å². The summed E-state index contributed by atoms with van der Waals surface area (Å²) in [6, 6.07) is 0. The maximum Gasteiger partial charge on any atom is 0 e. The Morgan fingerprint density at radius 3 is 2.38 bits per heavy atom. The second-order valence-corrected chi connectivity index (χ2v) is 5.12. The zero-order chi connectivity index (χ0) is 9.35. The van der Waals surface area contributed by atoms with Gasteiger partial charge in [-0.05, 0) is 6.92 Å².